The van der Waals surface area contributed by atoms with Gasteiger partial charge in [0, 0.05) is 0 Å². The lowest BCUT2D eigenvalue weighted by molar-refractivity contribution is -0.303. The second-order valence-electron chi connectivity index (χ2n) is 2.32. The van der Waals surface area contributed by atoms with Crippen molar-refractivity contribution in [1.29, 1.82) is 0 Å². The number of aliphatic hydroxyl groups excluding tert-OH is 1. The lowest BCUT2D eigenvalue weighted by atomic mass is 10.1. The van der Waals surface area contributed by atoms with E-state index < -0.39 is 12.5 Å². The summed E-state index contributed by atoms with van der Waals surface area (Å²) in [6.45, 7) is 0. The molecule has 68 valence electrons. The molecule has 0 aromatic carbocycles. The smallest absolute Gasteiger partial charge is 0.406 e. The molecule has 0 aromatic rings. The molecule has 0 aromatic heterocycles. The van der Waals surface area contributed by atoms with Crippen molar-refractivity contribution < 1.29 is 23.0 Å². The largest absolute Gasteiger partial charge is 0.573 e. The van der Waals surface area contributed by atoms with Crippen molar-refractivity contribution in [2.24, 2.45) is 0 Å². The van der Waals surface area contributed by atoms with Gasteiger partial charge in [0.1, 0.15) is 5.76 Å². The summed E-state index contributed by atoms with van der Waals surface area (Å²) in [4.78, 5) is 0. The zero-order valence-electron chi connectivity index (χ0n) is 6.01. The fourth-order valence-electron chi connectivity index (χ4n) is 0.799. The molecular formula is C7H7F3O2. The lowest BCUT2D eigenvalue weighted by Gasteiger charge is -2.13. The van der Waals surface area contributed by atoms with Crippen LogP contribution in [0.25, 0.3) is 0 Å². The molecule has 1 aliphatic rings. The van der Waals surface area contributed by atoms with Crippen LogP contribution in [0.5, 0.6) is 0 Å². The van der Waals surface area contributed by atoms with E-state index in [1.807, 2.05) is 0 Å². The van der Waals surface area contributed by atoms with Crippen LogP contribution < -0.4 is 0 Å². The van der Waals surface area contributed by atoms with Crippen LogP contribution in [0.2, 0.25) is 0 Å². The maximum Gasteiger partial charge on any atom is 0.573 e. The van der Waals surface area contributed by atoms with E-state index in [4.69, 9.17) is 5.11 Å². The zero-order chi connectivity index (χ0) is 9.19. The Morgan fingerprint density at radius 3 is 2.58 bits per heavy atom. The van der Waals surface area contributed by atoms with Crippen molar-refractivity contribution in [1.82, 2.24) is 0 Å². The summed E-state index contributed by atoms with van der Waals surface area (Å²) in [6, 6.07) is 0. The number of alkyl halides is 3. The Morgan fingerprint density at radius 1 is 1.50 bits per heavy atom. The van der Waals surface area contributed by atoms with Crippen LogP contribution in [0.1, 0.15) is 6.42 Å². The predicted molar refractivity (Wildman–Crippen MR) is 35.0 cm³/mol. The summed E-state index contributed by atoms with van der Waals surface area (Å²) in [5, 5.41) is 8.86. The molecule has 0 radical (unpaired) electrons. The Labute approximate surface area is 66.9 Å². The topological polar surface area (TPSA) is 29.5 Å². The van der Waals surface area contributed by atoms with Gasteiger partial charge in [0.15, 0.2) is 0 Å². The van der Waals surface area contributed by atoms with Gasteiger partial charge >= 0.3 is 6.36 Å². The molecule has 1 unspecified atom stereocenters. The van der Waals surface area contributed by atoms with Crippen LogP contribution in [0.3, 0.4) is 0 Å². The van der Waals surface area contributed by atoms with E-state index in [9.17, 15) is 13.2 Å². The molecule has 1 N–H and O–H groups in total. The standard InChI is InChI=1S/C7H7F3O2/c8-7(9,10)12-6-3-1-5(11)2-4-6/h1,3-5,11H,2H2. The van der Waals surface area contributed by atoms with E-state index in [1.54, 1.807) is 0 Å². The first-order chi connectivity index (χ1) is 5.47. The zero-order valence-corrected chi connectivity index (χ0v) is 6.01. The molecule has 0 bridgehead atoms. The van der Waals surface area contributed by atoms with Crippen molar-refractivity contribution >= 4 is 0 Å². The van der Waals surface area contributed by atoms with Crippen LogP contribution >= 0.6 is 0 Å². The molecule has 1 aliphatic carbocycles. The second kappa shape index (κ2) is 3.18. The average molecular weight is 180 g/mol. The van der Waals surface area contributed by atoms with E-state index in [2.05, 4.69) is 4.74 Å². The Kier molecular flexibility index (Phi) is 2.42. The van der Waals surface area contributed by atoms with Crippen molar-refractivity contribution in [3.8, 4) is 0 Å². The highest BCUT2D eigenvalue weighted by Crippen LogP contribution is 2.23. The van der Waals surface area contributed by atoms with Gasteiger partial charge in [-0.25, -0.2) is 0 Å². The fraction of sp³-hybridized carbons (Fsp3) is 0.429. The van der Waals surface area contributed by atoms with Crippen LogP contribution in [-0.4, -0.2) is 17.6 Å². The number of rotatable bonds is 1. The maximum atomic E-state index is 11.6. The van der Waals surface area contributed by atoms with E-state index >= 15 is 0 Å². The highest BCUT2D eigenvalue weighted by molar-refractivity contribution is 5.18. The number of hydrogen-bond acceptors (Lipinski definition) is 2. The van der Waals surface area contributed by atoms with Gasteiger partial charge in [0.2, 0.25) is 0 Å². The molecule has 0 amide bonds. The van der Waals surface area contributed by atoms with Crippen molar-refractivity contribution in [3.63, 3.8) is 0 Å². The molecule has 2 nitrogen and oxygen atoms in total. The summed E-state index contributed by atoms with van der Waals surface area (Å²) < 4.78 is 38.3. The Balaban J connectivity index is 2.51. The minimum atomic E-state index is -4.65. The minimum Gasteiger partial charge on any atom is -0.406 e. The molecule has 0 spiro atoms. The molecular weight excluding hydrogens is 173 g/mol. The third-order valence-electron chi connectivity index (χ3n) is 1.28. The van der Waals surface area contributed by atoms with Crippen LogP contribution in [0.4, 0.5) is 13.2 Å². The molecule has 1 atom stereocenters. The number of ether oxygens (including phenoxy) is 1. The Hall–Kier alpha value is -0.970. The summed E-state index contributed by atoms with van der Waals surface area (Å²) in [7, 11) is 0. The molecule has 0 saturated carbocycles. The third kappa shape index (κ3) is 2.96. The quantitative estimate of drug-likeness (QED) is 0.665. The Morgan fingerprint density at radius 2 is 2.17 bits per heavy atom. The first-order valence-electron chi connectivity index (χ1n) is 3.29. The maximum absolute atomic E-state index is 11.6. The minimum absolute atomic E-state index is 0.155. The van der Waals surface area contributed by atoms with Gasteiger partial charge < -0.3 is 9.84 Å². The average Bonchev–Trinajstić information content (AvgIpc) is 1.91. The van der Waals surface area contributed by atoms with E-state index in [1.165, 1.54) is 12.2 Å². The summed E-state index contributed by atoms with van der Waals surface area (Å²) >= 11 is 0. The van der Waals surface area contributed by atoms with Crippen LogP contribution in [0.15, 0.2) is 24.0 Å². The third-order valence-corrected chi connectivity index (χ3v) is 1.28. The van der Waals surface area contributed by atoms with E-state index in [-0.39, 0.29) is 12.2 Å². The van der Waals surface area contributed by atoms with Gasteiger partial charge in [-0.2, -0.15) is 0 Å². The molecule has 1 rings (SSSR count). The van der Waals surface area contributed by atoms with Gasteiger partial charge in [-0.1, -0.05) is 6.08 Å². The van der Waals surface area contributed by atoms with Gasteiger partial charge in [-0.15, -0.1) is 13.2 Å². The van der Waals surface area contributed by atoms with E-state index in [0.717, 1.165) is 6.08 Å². The van der Waals surface area contributed by atoms with Crippen LogP contribution in [-0.2, 0) is 4.74 Å². The SMILES string of the molecule is OC1C=CC(OC(F)(F)F)=CC1. The van der Waals surface area contributed by atoms with Gasteiger partial charge in [-0.3, -0.25) is 0 Å². The summed E-state index contributed by atoms with van der Waals surface area (Å²) in [5.41, 5.74) is 0. The fourth-order valence-corrected chi connectivity index (χ4v) is 0.799. The molecule has 0 aliphatic heterocycles. The molecule has 0 fully saturated rings. The van der Waals surface area contributed by atoms with Crippen molar-refractivity contribution in [2.45, 2.75) is 18.9 Å². The Bertz CT molecular complexity index is 217. The van der Waals surface area contributed by atoms with E-state index in [0.29, 0.717) is 0 Å². The predicted octanol–water partition coefficient (Wildman–Crippen LogP) is 1.73. The molecule has 0 saturated heterocycles. The normalized spacial score (nSPS) is 23.7. The number of aliphatic hydroxyl groups is 1. The summed E-state index contributed by atoms with van der Waals surface area (Å²) in [5.74, 6) is -0.271. The lowest BCUT2D eigenvalue weighted by Crippen LogP contribution is -2.14. The van der Waals surface area contributed by atoms with Crippen molar-refractivity contribution in [2.75, 3.05) is 0 Å². The monoisotopic (exact) mass is 180 g/mol. The highest BCUT2D eigenvalue weighted by atomic mass is 19.4. The number of hydrogen-bond donors (Lipinski definition) is 1. The first kappa shape index (κ1) is 9.12. The first-order valence-corrected chi connectivity index (χ1v) is 3.29. The van der Waals surface area contributed by atoms with Crippen LogP contribution in [0, 0.1) is 0 Å². The van der Waals surface area contributed by atoms with Gasteiger partial charge in [-0.05, 0) is 18.6 Å². The second-order valence-corrected chi connectivity index (χ2v) is 2.32. The molecule has 5 heteroatoms. The van der Waals surface area contributed by atoms with Gasteiger partial charge in [0.25, 0.3) is 0 Å². The number of halogens is 3. The van der Waals surface area contributed by atoms with Crippen molar-refractivity contribution in [3.05, 3.63) is 24.0 Å². The highest BCUT2D eigenvalue weighted by Gasteiger charge is 2.31. The van der Waals surface area contributed by atoms with Gasteiger partial charge in [0.05, 0.1) is 6.10 Å². The molecule has 0 heterocycles. The summed E-state index contributed by atoms with van der Waals surface area (Å²) in [6.07, 6.45) is -1.66. The molecule has 12 heavy (non-hydrogen) atoms. The number of allylic oxidation sites excluding steroid dienone is 1.